The summed E-state index contributed by atoms with van der Waals surface area (Å²) in [6, 6.07) is 0.501. The Morgan fingerprint density at radius 2 is 2.29 bits per heavy atom. The molecule has 0 aromatic rings. The highest BCUT2D eigenvalue weighted by molar-refractivity contribution is 7.99. The molecule has 1 rings (SSSR count). The standard InChI is InChI=1S/C8H18N2O2S2/c1-9-14(11,12)6-4-10-8-3-2-5-13-7-8/h8-10H,2-7H2,1H3. The zero-order valence-electron chi connectivity index (χ0n) is 8.45. The molecule has 1 atom stereocenters. The predicted octanol–water partition coefficient (Wildman–Crippen LogP) is 0.0208. The van der Waals surface area contributed by atoms with Gasteiger partial charge in [0.05, 0.1) is 5.75 Å². The van der Waals surface area contributed by atoms with Crippen molar-refractivity contribution >= 4 is 21.8 Å². The van der Waals surface area contributed by atoms with Crippen molar-refractivity contribution in [2.24, 2.45) is 0 Å². The van der Waals surface area contributed by atoms with Gasteiger partial charge in [-0.05, 0) is 25.6 Å². The Bertz CT molecular complexity index is 248. The van der Waals surface area contributed by atoms with E-state index >= 15 is 0 Å². The zero-order valence-corrected chi connectivity index (χ0v) is 10.1. The lowest BCUT2D eigenvalue weighted by Crippen LogP contribution is -2.38. The molecule has 0 bridgehead atoms. The van der Waals surface area contributed by atoms with Crippen molar-refractivity contribution in [3.63, 3.8) is 0 Å². The van der Waals surface area contributed by atoms with Gasteiger partial charge in [0.15, 0.2) is 0 Å². The molecular formula is C8H18N2O2S2. The van der Waals surface area contributed by atoms with Crippen molar-refractivity contribution in [3.05, 3.63) is 0 Å². The van der Waals surface area contributed by atoms with Crippen LogP contribution in [0.15, 0.2) is 0 Å². The molecule has 0 saturated carbocycles. The second-order valence-electron chi connectivity index (χ2n) is 3.39. The lowest BCUT2D eigenvalue weighted by atomic mass is 10.2. The predicted molar refractivity (Wildman–Crippen MR) is 61.2 cm³/mol. The first-order valence-electron chi connectivity index (χ1n) is 4.86. The minimum Gasteiger partial charge on any atom is -0.312 e. The second-order valence-corrected chi connectivity index (χ2v) is 6.59. The molecular weight excluding hydrogens is 220 g/mol. The van der Waals surface area contributed by atoms with Crippen molar-refractivity contribution in [1.82, 2.24) is 10.0 Å². The van der Waals surface area contributed by atoms with E-state index in [1.807, 2.05) is 11.8 Å². The van der Waals surface area contributed by atoms with Crippen molar-refractivity contribution < 1.29 is 8.42 Å². The van der Waals surface area contributed by atoms with Crippen LogP contribution in [-0.4, -0.2) is 45.3 Å². The van der Waals surface area contributed by atoms with E-state index in [0.717, 1.165) is 5.75 Å². The summed E-state index contributed by atoms with van der Waals surface area (Å²) in [5, 5.41) is 3.27. The number of hydrogen-bond acceptors (Lipinski definition) is 4. The Kier molecular flexibility index (Phi) is 5.22. The molecule has 0 spiro atoms. The summed E-state index contributed by atoms with van der Waals surface area (Å²) in [6.45, 7) is 0.550. The minimum absolute atomic E-state index is 0.171. The van der Waals surface area contributed by atoms with E-state index in [1.165, 1.54) is 25.6 Å². The van der Waals surface area contributed by atoms with Gasteiger partial charge < -0.3 is 5.32 Å². The maximum Gasteiger partial charge on any atom is 0.212 e. The maximum atomic E-state index is 11.1. The third-order valence-electron chi connectivity index (χ3n) is 2.28. The Morgan fingerprint density at radius 1 is 1.50 bits per heavy atom. The first-order chi connectivity index (χ1) is 6.64. The molecule has 2 N–H and O–H groups in total. The smallest absolute Gasteiger partial charge is 0.212 e. The van der Waals surface area contributed by atoms with E-state index in [2.05, 4.69) is 10.0 Å². The Labute approximate surface area is 90.3 Å². The summed E-state index contributed by atoms with van der Waals surface area (Å²) in [7, 11) is -1.59. The normalized spacial score (nSPS) is 23.6. The van der Waals surface area contributed by atoms with Crippen LogP contribution in [0.4, 0.5) is 0 Å². The molecule has 1 fully saturated rings. The van der Waals surface area contributed by atoms with E-state index in [-0.39, 0.29) is 5.75 Å². The summed E-state index contributed by atoms with van der Waals surface area (Å²) in [5.74, 6) is 2.53. The molecule has 0 aromatic heterocycles. The Morgan fingerprint density at radius 3 is 2.86 bits per heavy atom. The minimum atomic E-state index is -3.04. The topological polar surface area (TPSA) is 58.2 Å². The largest absolute Gasteiger partial charge is 0.312 e. The molecule has 0 aliphatic carbocycles. The van der Waals surface area contributed by atoms with Crippen LogP contribution in [0.1, 0.15) is 12.8 Å². The summed E-state index contributed by atoms with van der Waals surface area (Å²) in [4.78, 5) is 0. The van der Waals surface area contributed by atoms with Gasteiger partial charge in [-0.1, -0.05) is 0 Å². The molecule has 14 heavy (non-hydrogen) atoms. The molecule has 1 aliphatic rings. The first kappa shape index (κ1) is 12.3. The van der Waals surface area contributed by atoms with E-state index in [9.17, 15) is 8.42 Å². The van der Waals surface area contributed by atoms with Crippen LogP contribution in [0.25, 0.3) is 0 Å². The fourth-order valence-corrected chi connectivity index (χ4v) is 3.10. The molecule has 0 amide bonds. The van der Waals surface area contributed by atoms with E-state index < -0.39 is 10.0 Å². The lowest BCUT2D eigenvalue weighted by molar-refractivity contribution is 0.518. The summed E-state index contributed by atoms with van der Waals surface area (Å²) in [6.07, 6.45) is 2.41. The third kappa shape index (κ3) is 4.63. The van der Waals surface area contributed by atoms with Crippen molar-refractivity contribution in [2.75, 3.05) is 30.9 Å². The van der Waals surface area contributed by atoms with Crippen LogP contribution in [0.5, 0.6) is 0 Å². The summed E-state index contributed by atoms with van der Waals surface area (Å²) >= 11 is 1.94. The Balaban J connectivity index is 2.14. The molecule has 1 heterocycles. The average molecular weight is 238 g/mol. The van der Waals surface area contributed by atoms with E-state index in [1.54, 1.807) is 0 Å². The van der Waals surface area contributed by atoms with Crippen LogP contribution in [0.2, 0.25) is 0 Å². The van der Waals surface area contributed by atoms with Gasteiger partial charge in [-0.15, -0.1) is 0 Å². The van der Waals surface area contributed by atoms with Crippen LogP contribution < -0.4 is 10.0 Å². The summed E-state index contributed by atoms with van der Waals surface area (Å²) < 4.78 is 24.5. The van der Waals surface area contributed by atoms with Gasteiger partial charge in [0.2, 0.25) is 10.0 Å². The number of sulfonamides is 1. The molecule has 0 aromatic carbocycles. The number of hydrogen-bond donors (Lipinski definition) is 2. The number of thioether (sulfide) groups is 1. The first-order valence-corrected chi connectivity index (χ1v) is 7.67. The fourth-order valence-electron chi connectivity index (χ4n) is 1.40. The van der Waals surface area contributed by atoms with Crippen molar-refractivity contribution in [3.8, 4) is 0 Å². The quantitative estimate of drug-likeness (QED) is 0.709. The highest BCUT2D eigenvalue weighted by Crippen LogP contribution is 2.16. The third-order valence-corrected chi connectivity index (χ3v) is 4.85. The number of nitrogens with one attached hydrogen (secondary N) is 2. The van der Waals surface area contributed by atoms with Crippen LogP contribution >= 0.6 is 11.8 Å². The lowest BCUT2D eigenvalue weighted by Gasteiger charge is -2.22. The fraction of sp³-hybridized carbons (Fsp3) is 1.00. The van der Waals surface area contributed by atoms with Crippen LogP contribution in [0.3, 0.4) is 0 Å². The van der Waals surface area contributed by atoms with Crippen molar-refractivity contribution in [2.45, 2.75) is 18.9 Å². The zero-order chi connectivity index (χ0) is 10.4. The van der Waals surface area contributed by atoms with E-state index in [4.69, 9.17) is 0 Å². The molecule has 6 heteroatoms. The molecule has 84 valence electrons. The van der Waals surface area contributed by atoms with Gasteiger partial charge in [0.25, 0.3) is 0 Å². The molecule has 0 radical (unpaired) electrons. The average Bonchev–Trinajstić information content (AvgIpc) is 2.19. The summed E-state index contributed by atoms with van der Waals surface area (Å²) in [5.41, 5.74) is 0. The Hall–Kier alpha value is 0.220. The van der Waals surface area contributed by atoms with Gasteiger partial charge in [0, 0.05) is 18.3 Å². The van der Waals surface area contributed by atoms with Gasteiger partial charge in [0.1, 0.15) is 0 Å². The van der Waals surface area contributed by atoms with Crippen molar-refractivity contribution in [1.29, 1.82) is 0 Å². The maximum absolute atomic E-state index is 11.1. The van der Waals surface area contributed by atoms with Gasteiger partial charge >= 0.3 is 0 Å². The van der Waals surface area contributed by atoms with Gasteiger partial charge in [-0.3, -0.25) is 0 Å². The molecule has 4 nitrogen and oxygen atoms in total. The number of rotatable bonds is 5. The van der Waals surface area contributed by atoms with Gasteiger partial charge in [-0.2, -0.15) is 11.8 Å². The van der Waals surface area contributed by atoms with Gasteiger partial charge in [-0.25, -0.2) is 13.1 Å². The second kappa shape index (κ2) is 5.95. The van der Waals surface area contributed by atoms with Crippen LogP contribution in [0, 0.1) is 0 Å². The molecule has 1 saturated heterocycles. The van der Waals surface area contributed by atoms with Crippen LogP contribution in [-0.2, 0) is 10.0 Å². The molecule has 1 aliphatic heterocycles. The SMILES string of the molecule is CNS(=O)(=O)CCNC1CCCSC1. The van der Waals surface area contributed by atoms with E-state index in [0.29, 0.717) is 12.6 Å². The monoisotopic (exact) mass is 238 g/mol. The highest BCUT2D eigenvalue weighted by atomic mass is 32.2. The highest BCUT2D eigenvalue weighted by Gasteiger charge is 2.14. The molecule has 1 unspecified atom stereocenters.